The molecule has 164 valence electrons. The Morgan fingerprint density at radius 2 is 1.81 bits per heavy atom. The number of fused-ring (bicyclic) bond motifs is 1. The Kier molecular flexibility index (Phi) is 6.64. The molecule has 0 aliphatic carbocycles. The topological polar surface area (TPSA) is 44.9 Å². The minimum absolute atomic E-state index is 0.0701. The molecule has 0 spiro atoms. The van der Waals surface area contributed by atoms with Crippen LogP contribution >= 0.6 is 0 Å². The average Bonchev–Trinajstić information content (AvgIpc) is 3.23. The first-order chi connectivity index (χ1) is 15.6. The van der Waals surface area contributed by atoms with Gasteiger partial charge in [-0.3, -0.25) is 4.79 Å². The van der Waals surface area contributed by atoms with Crippen LogP contribution in [-0.4, -0.2) is 17.4 Å². The fourth-order valence-corrected chi connectivity index (χ4v) is 4.24. The van der Waals surface area contributed by atoms with Crippen molar-refractivity contribution < 1.29 is 13.6 Å². The molecule has 2 N–H and O–H groups in total. The van der Waals surface area contributed by atoms with Crippen LogP contribution in [0.2, 0.25) is 0 Å². The largest absolute Gasteiger partial charge is 0.361 e. The normalized spacial score (nSPS) is 12.1. The van der Waals surface area contributed by atoms with E-state index in [0.717, 1.165) is 46.5 Å². The van der Waals surface area contributed by atoms with Crippen molar-refractivity contribution in [3.05, 3.63) is 107 Å². The van der Waals surface area contributed by atoms with Crippen LogP contribution in [0.5, 0.6) is 0 Å². The van der Waals surface area contributed by atoms with Gasteiger partial charge in [-0.15, -0.1) is 0 Å². The molecule has 32 heavy (non-hydrogen) atoms. The molecular formula is C27H26F2N2O. The lowest BCUT2D eigenvalue weighted by atomic mass is 9.87. The minimum atomic E-state index is -0.645. The molecule has 1 atom stereocenters. The predicted octanol–water partition coefficient (Wildman–Crippen LogP) is 5.89. The van der Waals surface area contributed by atoms with Crippen LogP contribution in [0.1, 0.15) is 41.5 Å². The van der Waals surface area contributed by atoms with Crippen LogP contribution in [0.15, 0.2) is 72.9 Å². The summed E-state index contributed by atoms with van der Waals surface area (Å²) in [5.74, 6) is -1.98. The highest BCUT2D eigenvalue weighted by Crippen LogP contribution is 2.36. The number of para-hydroxylation sites is 1. The van der Waals surface area contributed by atoms with Crippen LogP contribution in [0.3, 0.4) is 0 Å². The van der Waals surface area contributed by atoms with E-state index in [4.69, 9.17) is 0 Å². The lowest BCUT2D eigenvalue weighted by Gasteiger charge is -2.18. The van der Waals surface area contributed by atoms with Gasteiger partial charge in [0, 0.05) is 42.0 Å². The van der Waals surface area contributed by atoms with Gasteiger partial charge in [-0.05, 0) is 41.2 Å². The molecule has 0 aliphatic rings. The Morgan fingerprint density at radius 3 is 2.56 bits per heavy atom. The summed E-state index contributed by atoms with van der Waals surface area (Å²) < 4.78 is 28.3. The molecule has 4 rings (SSSR count). The lowest BCUT2D eigenvalue weighted by molar-refractivity contribution is -0.121. The van der Waals surface area contributed by atoms with Crippen LogP contribution < -0.4 is 5.32 Å². The monoisotopic (exact) mass is 432 g/mol. The van der Waals surface area contributed by atoms with E-state index in [9.17, 15) is 13.6 Å². The molecule has 1 heterocycles. The number of aromatic amines is 1. The summed E-state index contributed by atoms with van der Waals surface area (Å²) >= 11 is 0. The maximum absolute atomic E-state index is 14.8. The van der Waals surface area contributed by atoms with Crippen molar-refractivity contribution in [2.45, 2.75) is 32.1 Å². The van der Waals surface area contributed by atoms with Crippen molar-refractivity contribution in [3.63, 3.8) is 0 Å². The maximum atomic E-state index is 14.8. The van der Waals surface area contributed by atoms with Crippen molar-refractivity contribution in [1.29, 1.82) is 0 Å². The van der Waals surface area contributed by atoms with Gasteiger partial charge in [0.1, 0.15) is 11.6 Å². The fourth-order valence-electron chi connectivity index (χ4n) is 4.24. The zero-order chi connectivity index (χ0) is 22.5. The number of carbonyl (C=O) groups excluding carboxylic acids is 1. The summed E-state index contributed by atoms with van der Waals surface area (Å²) in [6, 6.07) is 19.5. The Morgan fingerprint density at radius 1 is 1.00 bits per heavy atom. The standard InChI is InChI=1S/C27H26F2N2O/c1-2-19-9-6-10-22-24(17-31-27(19)22)23(21-12-11-20(28)15-25(21)29)16-26(32)30-14-13-18-7-4-3-5-8-18/h3-12,15,17,23,31H,2,13-14,16H2,1H3,(H,30,32). The third kappa shape index (κ3) is 4.72. The molecule has 3 aromatic carbocycles. The molecule has 1 aromatic heterocycles. The predicted molar refractivity (Wildman–Crippen MR) is 124 cm³/mol. The number of nitrogens with one attached hydrogen (secondary N) is 2. The number of rotatable bonds is 8. The van der Waals surface area contributed by atoms with E-state index < -0.39 is 17.6 Å². The van der Waals surface area contributed by atoms with Gasteiger partial charge < -0.3 is 10.3 Å². The first kappa shape index (κ1) is 21.8. The Balaban J connectivity index is 1.61. The molecule has 0 saturated carbocycles. The number of halogens is 2. The summed E-state index contributed by atoms with van der Waals surface area (Å²) in [4.78, 5) is 16.1. The Hall–Kier alpha value is -3.47. The third-order valence-corrected chi connectivity index (χ3v) is 5.90. The van der Waals surface area contributed by atoms with Gasteiger partial charge in [-0.25, -0.2) is 8.78 Å². The number of H-pyrrole nitrogens is 1. The molecule has 0 fully saturated rings. The molecule has 0 saturated heterocycles. The highest BCUT2D eigenvalue weighted by Gasteiger charge is 2.24. The number of hydrogen-bond donors (Lipinski definition) is 2. The quantitative estimate of drug-likeness (QED) is 0.358. The molecule has 1 amide bonds. The van der Waals surface area contributed by atoms with Gasteiger partial charge >= 0.3 is 0 Å². The second-order valence-corrected chi connectivity index (χ2v) is 7.95. The summed E-state index contributed by atoms with van der Waals surface area (Å²) in [6.45, 7) is 2.57. The zero-order valence-corrected chi connectivity index (χ0v) is 18.0. The highest BCUT2D eigenvalue weighted by atomic mass is 19.1. The molecule has 0 aliphatic heterocycles. The number of aryl methyl sites for hydroxylation is 1. The minimum Gasteiger partial charge on any atom is -0.361 e. The van der Waals surface area contributed by atoms with E-state index in [2.05, 4.69) is 17.2 Å². The number of aromatic nitrogens is 1. The van der Waals surface area contributed by atoms with Crippen LogP contribution in [0, 0.1) is 11.6 Å². The van der Waals surface area contributed by atoms with Crippen molar-refractivity contribution in [3.8, 4) is 0 Å². The number of carbonyl (C=O) groups is 1. The number of benzene rings is 3. The van der Waals surface area contributed by atoms with E-state index in [0.29, 0.717) is 12.1 Å². The first-order valence-electron chi connectivity index (χ1n) is 10.9. The maximum Gasteiger partial charge on any atom is 0.220 e. The molecule has 3 nitrogen and oxygen atoms in total. The highest BCUT2D eigenvalue weighted by molar-refractivity contribution is 5.88. The van der Waals surface area contributed by atoms with E-state index >= 15 is 0 Å². The van der Waals surface area contributed by atoms with Crippen molar-refractivity contribution in [2.75, 3.05) is 6.54 Å². The summed E-state index contributed by atoms with van der Waals surface area (Å²) in [5.41, 5.74) is 4.42. The summed E-state index contributed by atoms with van der Waals surface area (Å²) in [7, 11) is 0. The fraction of sp³-hybridized carbons (Fsp3) is 0.222. The van der Waals surface area contributed by atoms with Gasteiger partial charge in [0.15, 0.2) is 0 Å². The second kappa shape index (κ2) is 9.77. The summed E-state index contributed by atoms with van der Waals surface area (Å²) in [6.07, 6.45) is 3.48. The molecule has 5 heteroatoms. The number of hydrogen-bond acceptors (Lipinski definition) is 1. The second-order valence-electron chi connectivity index (χ2n) is 7.95. The van der Waals surface area contributed by atoms with Gasteiger partial charge in [-0.1, -0.05) is 61.5 Å². The van der Waals surface area contributed by atoms with E-state index in [1.807, 2.05) is 54.7 Å². The van der Waals surface area contributed by atoms with Gasteiger partial charge in [0.05, 0.1) is 0 Å². The number of amides is 1. The third-order valence-electron chi connectivity index (χ3n) is 5.90. The molecular weight excluding hydrogens is 406 g/mol. The first-order valence-corrected chi connectivity index (χ1v) is 10.9. The lowest BCUT2D eigenvalue weighted by Crippen LogP contribution is -2.27. The van der Waals surface area contributed by atoms with Crippen LogP contribution in [0.4, 0.5) is 8.78 Å². The van der Waals surface area contributed by atoms with E-state index in [1.54, 1.807) is 0 Å². The van der Waals surface area contributed by atoms with E-state index in [1.165, 1.54) is 12.1 Å². The zero-order valence-electron chi connectivity index (χ0n) is 18.0. The van der Waals surface area contributed by atoms with Gasteiger partial charge in [0.25, 0.3) is 0 Å². The smallest absolute Gasteiger partial charge is 0.220 e. The van der Waals surface area contributed by atoms with Crippen LogP contribution in [-0.2, 0) is 17.6 Å². The van der Waals surface area contributed by atoms with E-state index in [-0.39, 0.29) is 12.3 Å². The average molecular weight is 433 g/mol. The SMILES string of the molecule is CCc1cccc2c(C(CC(=O)NCCc3ccccc3)c3ccc(F)cc3F)c[nH]c12. The van der Waals surface area contributed by atoms with Crippen molar-refractivity contribution in [2.24, 2.45) is 0 Å². The molecule has 4 aromatic rings. The Labute approximate surface area is 186 Å². The molecule has 1 unspecified atom stereocenters. The van der Waals surface area contributed by atoms with Gasteiger partial charge in [-0.2, -0.15) is 0 Å². The Bertz CT molecular complexity index is 1220. The molecule has 0 radical (unpaired) electrons. The van der Waals surface area contributed by atoms with Crippen molar-refractivity contribution in [1.82, 2.24) is 10.3 Å². The van der Waals surface area contributed by atoms with Crippen molar-refractivity contribution >= 4 is 16.8 Å². The van der Waals surface area contributed by atoms with Gasteiger partial charge in [0.2, 0.25) is 5.91 Å². The van der Waals surface area contributed by atoms with Crippen LogP contribution in [0.25, 0.3) is 10.9 Å². The molecule has 0 bridgehead atoms. The summed E-state index contributed by atoms with van der Waals surface area (Å²) in [5, 5.41) is 3.90.